The van der Waals surface area contributed by atoms with E-state index in [1.165, 1.54) is 0 Å². The quantitative estimate of drug-likeness (QED) is 0.621. The Balaban J connectivity index is 1.80. The van der Waals surface area contributed by atoms with Crippen molar-refractivity contribution in [1.82, 2.24) is 0 Å². The molecule has 4 heteroatoms. The van der Waals surface area contributed by atoms with E-state index in [1.54, 1.807) is 0 Å². The molecule has 0 unspecified atom stereocenters. The molecule has 0 aromatic heterocycles. The number of benzene rings is 3. The Hall–Kier alpha value is -2.33. The predicted molar refractivity (Wildman–Crippen MR) is 95.5 cm³/mol. The third-order valence-corrected chi connectivity index (χ3v) is 4.34. The molecule has 0 spiro atoms. The number of amides is 2. The predicted octanol–water partition coefficient (Wildman–Crippen LogP) is 5.55. The molecule has 22 heavy (non-hydrogen) atoms. The smallest absolute Gasteiger partial charge is 0.308 e. The fraction of sp³-hybridized carbons (Fsp3) is 0.0556. The normalized spacial score (nSPS) is 10.5. The standard InChI is InChI=1S/C18H15BrN2O/c1-12-11-14(9-10-16(12)19)20-18(22)21-17-8-4-6-13-5-2-3-7-15(13)17/h2-11H,1H3,(H2,20,21,22). The molecule has 0 saturated carbocycles. The average Bonchev–Trinajstić information content (AvgIpc) is 2.51. The average molecular weight is 355 g/mol. The van der Waals surface area contributed by atoms with Crippen molar-refractivity contribution in [2.45, 2.75) is 6.92 Å². The maximum atomic E-state index is 12.2. The summed E-state index contributed by atoms with van der Waals surface area (Å²) in [4.78, 5) is 12.2. The Labute approximate surface area is 137 Å². The topological polar surface area (TPSA) is 41.1 Å². The molecule has 0 saturated heterocycles. The number of anilines is 2. The molecule has 3 aromatic carbocycles. The summed E-state index contributed by atoms with van der Waals surface area (Å²) >= 11 is 3.45. The van der Waals surface area contributed by atoms with Crippen LogP contribution in [-0.4, -0.2) is 6.03 Å². The molecular weight excluding hydrogens is 340 g/mol. The molecule has 0 heterocycles. The van der Waals surface area contributed by atoms with Crippen molar-refractivity contribution in [3.05, 3.63) is 70.7 Å². The van der Waals surface area contributed by atoms with E-state index in [9.17, 15) is 4.79 Å². The summed E-state index contributed by atoms with van der Waals surface area (Å²) in [6.45, 7) is 1.98. The van der Waals surface area contributed by atoms with Crippen molar-refractivity contribution in [2.75, 3.05) is 10.6 Å². The Morgan fingerprint density at radius 3 is 2.55 bits per heavy atom. The molecule has 2 N–H and O–H groups in total. The molecule has 110 valence electrons. The highest BCUT2D eigenvalue weighted by molar-refractivity contribution is 9.10. The number of hydrogen-bond acceptors (Lipinski definition) is 1. The van der Waals surface area contributed by atoms with Crippen LogP contribution < -0.4 is 10.6 Å². The summed E-state index contributed by atoms with van der Waals surface area (Å²) in [5.74, 6) is 0. The lowest BCUT2D eigenvalue weighted by Crippen LogP contribution is -2.19. The molecule has 0 fully saturated rings. The minimum atomic E-state index is -0.252. The summed E-state index contributed by atoms with van der Waals surface area (Å²) in [5, 5.41) is 7.88. The first kappa shape index (κ1) is 14.6. The molecule has 0 bridgehead atoms. The summed E-state index contributed by atoms with van der Waals surface area (Å²) in [6, 6.07) is 19.3. The van der Waals surface area contributed by atoms with Gasteiger partial charge >= 0.3 is 6.03 Å². The van der Waals surface area contributed by atoms with E-state index in [1.807, 2.05) is 67.6 Å². The van der Waals surface area contributed by atoms with Crippen LogP contribution in [0.5, 0.6) is 0 Å². The fourth-order valence-electron chi connectivity index (χ4n) is 2.34. The minimum Gasteiger partial charge on any atom is -0.308 e. The van der Waals surface area contributed by atoms with Gasteiger partial charge in [-0.2, -0.15) is 0 Å². The van der Waals surface area contributed by atoms with Crippen LogP contribution in [0.1, 0.15) is 5.56 Å². The van der Waals surface area contributed by atoms with Crippen LogP contribution in [0.4, 0.5) is 16.2 Å². The van der Waals surface area contributed by atoms with Crippen molar-refractivity contribution < 1.29 is 4.79 Å². The van der Waals surface area contributed by atoms with E-state index < -0.39 is 0 Å². The van der Waals surface area contributed by atoms with Crippen LogP contribution in [0.25, 0.3) is 10.8 Å². The monoisotopic (exact) mass is 354 g/mol. The molecule has 0 radical (unpaired) electrons. The van der Waals surface area contributed by atoms with Crippen LogP contribution in [0.3, 0.4) is 0 Å². The Kier molecular flexibility index (Phi) is 4.11. The van der Waals surface area contributed by atoms with E-state index in [0.29, 0.717) is 0 Å². The number of aryl methyl sites for hydroxylation is 1. The SMILES string of the molecule is Cc1cc(NC(=O)Nc2cccc3ccccc23)ccc1Br. The van der Waals surface area contributed by atoms with Gasteiger partial charge in [-0.05, 0) is 42.1 Å². The van der Waals surface area contributed by atoms with Gasteiger partial charge in [0.25, 0.3) is 0 Å². The maximum Gasteiger partial charge on any atom is 0.323 e. The first-order chi connectivity index (χ1) is 10.6. The van der Waals surface area contributed by atoms with Gasteiger partial charge in [-0.3, -0.25) is 0 Å². The van der Waals surface area contributed by atoms with Crippen molar-refractivity contribution >= 4 is 44.1 Å². The second kappa shape index (κ2) is 6.20. The highest BCUT2D eigenvalue weighted by Gasteiger charge is 2.06. The van der Waals surface area contributed by atoms with Crippen molar-refractivity contribution in [3.8, 4) is 0 Å². The number of carbonyl (C=O) groups is 1. The molecule has 0 aliphatic rings. The number of carbonyl (C=O) groups excluding carboxylic acids is 1. The van der Waals surface area contributed by atoms with Crippen LogP contribution >= 0.6 is 15.9 Å². The summed E-state index contributed by atoms with van der Waals surface area (Å²) < 4.78 is 1.02. The molecule has 3 aromatic rings. The van der Waals surface area contributed by atoms with Gasteiger partial charge in [-0.1, -0.05) is 52.3 Å². The highest BCUT2D eigenvalue weighted by Crippen LogP contribution is 2.24. The van der Waals surface area contributed by atoms with Gasteiger partial charge in [0.1, 0.15) is 0 Å². The lowest BCUT2D eigenvalue weighted by atomic mass is 10.1. The van der Waals surface area contributed by atoms with E-state index in [2.05, 4.69) is 26.6 Å². The summed E-state index contributed by atoms with van der Waals surface area (Å²) in [7, 11) is 0. The van der Waals surface area contributed by atoms with Gasteiger partial charge in [0.05, 0.1) is 5.69 Å². The lowest BCUT2D eigenvalue weighted by molar-refractivity contribution is 0.262. The molecule has 3 rings (SSSR count). The molecule has 0 aliphatic heterocycles. The molecule has 3 nitrogen and oxygen atoms in total. The molecule has 2 amide bonds. The molecular formula is C18H15BrN2O. The zero-order valence-electron chi connectivity index (χ0n) is 12.1. The van der Waals surface area contributed by atoms with Crippen LogP contribution in [0, 0.1) is 6.92 Å². The number of fused-ring (bicyclic) bond motifs is 1. The third-order valence-electron chi connectivity index (χ3n) is 3.45. The maximum absolute atomic E-state index is 12.2. The third kappa shape index (κ3) is 3.12. The van der Waals surface area contributed by atoms with Crippen LogP contribution in [0.2, 0.25) is 0 Å². The van der Waals surface area contributed by atoms with E-state index in [4.69, 9.17) is 0 Å². The van der Waals surface area contributed by atoms with Crippen LogP contribution in [0.15, 0.2) is 65.1 Å². The first-order valence-corrected chi connectivity index (χ1v) is 7.75. The zero-order valence-corrected chi connectivity index (χ0v) is 13.6. The van der Waals surface area contributed by atoms with Gasteiger partial charge in [-0.25, -0.2) is 4.79 Å². The van der Waals surface area contributed by atoms with Gasteiger partial charge < -0.3 is 10.6 Å². The Morgan fingerprint density at radius 2 is 1.73 bits per heavy atom. The second-order valence-electron chi connectivity index (χ2n) is 5.07. The van der Waals surface area contributed by atoms with E-state index in [0.717, 1.165) is 32.2 Å². The highest BCUT2D eigenvalue weighted by atomic mass is 79.9. The Bertz CT molecular complexity index is 840. The number of halogens is 1. The molecule has 0 aliphatic carbocycles. The lowest BCUT2D eigenvalue weighted by Gasteiger charge is -2.11. The van der Waals surface area contributed by atoms with E-state index in [-0.39, 0.29) is 6.03 Å². The van der Waals surface area contributed by atoms with Crippen molar-refractivity contribution in [2.24, 2.45) is 0 Å². The minimum absolute atomic E-state index is 0.252. The van der Waals surface area contributed by atoms with Gasteiger partial charge in [-0.15, -0.1) is 0 Å². The second-order valence-corrected chi connectivity index (χ2v) is 5.92. The number of nitrogens with one attached hydrogen (secondary N) is 2. The summed E-state index contributed by atoms with van der Waals surface area (Å²) in [5.41, 5.74) is 2.63. The number of urea groups is 1. The van der Waals surface area contributed by atoms with Crippen LogP contribution in [-0.2, 0) is 0 Å². The summed E-state index contributed by atoms with van der Waals surface area (Å²) in [6.07, 6.45) is 0. The van der Waals surface area contributed by atoms with E-state index >= 15 is 0 Å². The number of rotatable bonds is 2. The Morgan fingerprint density at radius 1 is 0.955 bits per heavy atom. The van der Waals surface area contributed by atoms with Gasteiger partial charge in [0.15, 0.2) is 0 Å². The van der Waals surface area contributed by atoms with Gasteiger partial charge in [0.2, 0.25) is 0 Å². The first-order valence-electron chi connectivity index (χ1n) is 6.95. The fourth-order valence-corrected chi connectivity index (χ4v) is 2.59. The largest absolute Gasteiger partial charge is 0.323 e. The van der Waals surface area contributed by atoms with Crippen molar-refractivity contribution in [3.63, 3.8) is 0 Å². The van der Waals surface area contributed by atoms with Crippen molar-refractivity contribution in [1.29, 1.82) is 0 Å². The number of hydrogen-bond donors (Lipinski definition) is 2. The molecule has 0 atom stereocenters. The van der Waals surface area contributed by atoms with Gasteiger partial charge in [0, 0.05) is 15.5 Å². The zero-order chi connectivity index (χ0) is 15.5.